The smallest absolute Gasteiger partial charge is 0.162 e. The molecule has 0 aromatic carbocycles. The summed E-state index contributed by atoms with van der Waals surface area (Å²) in [5.74, 6) is 1.28. The second kappa shape index (κ2) is 5.47. The maximum atomic E-state index is 5.44. The van der Waals surface area contributed by atoms with Crippen LogP contribution in [0.5, 0.6) is 0 Å². The minimum atomic E-state index is 0.114. The molecule has 3 nitrogen and oxygen atoms in total. The Hall–Kier alpha value is -1.13. The molecule has 0 unspecified atom stereocenters. The van der Waals surface area contributed by atoms with E-state index >= 15 is 0 Å². The van der Waals surface area contributed by atoms with Gasteiger partial charge < -0.3 is 9.73 Å². The molecule has 0 saturated carbocycles. The van der Waals surface area contributed by atoms with Crippen molar-refractivity contribution in [3.8, 4) is 10.8 Å². The molecule has 0 bridgehead atoms. The zero-order chi connectivity index (χ0) is 14.0. The fourth-order valence-electron chi connectivity index (χ4n) is 1.79. The second-order valence-electron chi connectivity index (χ2n) is 6.06. The van der Waals surface area contributed by atoms with E-state index in [1.54, 1.807) is 17.6 Å². The van der Waals surface area contributed by atoms with Gasteiger partial charge in [0.05, 0.1) is 12.0 Å². The summed E-state index contributed by atoms with van der Waals surface area (Å²) in [6.07, 6.45) is 1.69. The first-order valence-electron chi connectivity index (χ1n) is 6.65. The van der Waals surface area contributed by atoms with Gasteiger partial charge in [-0.3, -0.25) is 0 Å². The highest BCUT2D eigenvalue weighted by molar-refractivity contribution is 7.15. The zero-order valence-corrected chi connectivity index (χ0v) is 13.1. The van der Waals surface area contributed by atoms with Crippen molar-refractivity contribution in [2.45, 2.75) is 52.6 Å². The number of nitrogens with zero attached hydrogens (tertiary/aromatic N) is 1. The van der Waals surface area contributed by atoms with E-state index < -0.39 is 0 Å². The summed E-state index contributed by atoms with van der Waals surface area (Å²) < 4.78 is 5.44. The molecule has 0 radical (unpaired) electrons. The minimum Gasteiger partial charge on any atom is -0.462 e. The van der Waals surface area contributed by atoms with E-state index in [2.05, 4.69) is 39.9 Å². The third kappa shape index (κ3) is 3.67. The third-order valence-electron chi connectivity index (χ3n) is 2.79. The van der Waals surface area contributed by atoms with Crippen LogP contribution in [0.1, 0.15) is 51.1 Å². The summed E-state index contributed by atoms with van der Waals surface area (Å²) in [6.45, 7) is 11.8. The van der Waals surface area contributed by atoms with Crippen molar-refractivity contribution >= 4 is 11.3 Å². The number of rotatable bonds is 4. The lowest BCUT2D eigenvalue weighted by Gasteiger charge is -2.20. The summed E-state index contributed by atoms with van der Waals surface area (Å²) in [4.78, 5) is 6.04. The van der Waals surface area contributed by atoms with E-state index in [1.807, 2.05) is 12.1 Å². The normalized spacial score (nSPS) is 12.3. The molecule has 0 aliphatic carbocycles. The molecule has 4 heteroatoms. The average molecular weight is 278 g/mol. The van der Waals surface area contributed by atoms with Gasteiger partial charge in [-0.25, -0.2) is 4.98 Å². The van der Waals surface area contributed by atoms with Crippen molar-refractivity contribution in [1.29, 1.82) is 0 Å². The van der Waals surface area contributed by atoms with Crippen molar-refractivity contribution in [2.24, 2.45) is 0 Å². The van der Waals surface area contributed by atoms with Crippen LogP contribution < -0.4 is 5.32 Å². The van der Waals surface area contributed by atoms with E-state index in [0.29, 0.717) is 5.92 Å². The van der Waals surface area contributed by atoms with Crippen molar-refractivity contribution in [1.82, 2.24) is 10.3 Å². The van der Waals surface area contributed by atoms with Crippen LogP contribution in [-0.2, 0) is 6.54 Å². The van der Waals surface area contributed by atoms with Crippen LogP contribution in [-0.4, -0.2) is 10.5 Å². The van der Waals surface area contributed by atoms with Gasteiger partial charge in [-0.1, -0.05) is 13.8 Å². The standard InChI is InChI=1S/C15H22N2OS/c1-10(2)13-12(9-16-15(3,4)5)19-14(17-13)11-7-6-8-18-11/h6-8,10,16H,9H2,1-5H3. The van der Waals surface area contributed by atoms with E-state index in [9.17, 15) is 0 Å². The topological polar surface area (TPSA) is 38.1 Å². The fraction of sp³-hybridized carbons (Fsp3) is 0.533. The van der Waals surface area contributed by atoms with Crippen LogP contribution in [0.3, 0.4) is 0 Å². The monoisotopic (exact) mass is 278 g/mol. The molecule has 0 aliphatic rings. The van der Waals surface area contributed by atoms with E-state index in [1.165, 1.54) is 10.6 Å². The molecule has 2 aromatic rings. The van der Waals surface area contributed by atoms with Crippen LogP contribution in [0.15, 0.2) is 22.8 Å². The number of hydrogen-bond acceptors (Lipinski definition) is 4. The first kappa shape index (κ1) is 14.3. The molecular weight excluding hydrogens is 256 g/mol. The van der Waals surface area contributed by atoms with Gasteiger partial charge in [0, 0.05) is 17.0 Å². The number of thiazole rings is 1. The van der Waals surface area contributed by atoms with E-state index in [-0.39, 0.29) is 5.54 Å². The third-order valence-corrected chi connectivity index (χ3v) is 3.87. The summed E-state index contributed by atoms with van der Waals surface area (Å²) in [7, 11) is 0. The first-order chi connectivity index (χ1) is 8.87. The Bertz CT molecular complexity index is 521. The lowest BCUT2D eigenvalue weighted by molar-refractivity contribution is 0.425. The van der Waals surface area contributed by atoms with Crippen molar-refractivity contribution in [2.75, 3.05) is 0 Å². The Labute approximate surface area is 119 Å². The van der Waals surface area contributed by atoms with Gasteiger partial charge in [0.15, 0.2) is 10.8 Å². The number of hydrogen-bond donors (Lipinski definition) is 1. The summed E-state index contributed by atoms with van der Waals surface area (Å²) in [5, 5.41) is 4.50. The fourth-order valence-corrected chi connectivity index (χ4v) is 2.92. The maximum absolute atomic E-state index is 5.44. The van der Waals surface area contributed by atoms with Gasteiger partial charge in [-0.2, -0.15) is 0 Å². The molecular formula is C15H22N2OS. The molecule has 0 spiro atoms. The highest BCUT2D eigenvalue weighted by Crippen LogP contribution is 2.32. The Morgan fingerprint density at radius 1 is 1.37 bits per heavy atom. The molecule has 0 saturated heterocycles. The lowest BCUT2D eigenvalue weighted by Crippen LogP contribution is -2.35. The van der Waals surface area contributed by atoms with Crippen LogP contribution in [0.4, 0.5) is 0 Å². The van der Waals surface area contributed by atoms with Gasteiger partial charge in [0.2, 0.25) is 0 Å². The minimum absolute atomic E-state index is 0.114. The van der Waals surface area contributed by atoms with Crippen molar-refractivity contribution in [3.05, 3.63) is 29.0 Å². The summed E-state index contributed by atoms with van der Waals surface area (Å²) >= 11 is 1.72. The molecule has 0 atom stereocenters. The summed E-state index contributed by atoms with van der Waals surface area (Å²) in [5.41, 5.74) is 1.29. The van der Waals surface area contributed by atoms with Crippen LogP contribution in [0.25, 0.3) is 10.8 Å². The molecule has 1 N–H and O–H groups in total. The maximum Gasteiger partial charge on any atom is 0.162 e. The molecule has 104 valence electrons. The van der Waals surface area contributed by atoms with E-state index in [0.717, 1.165) is 17.3 Å². The second-order valence-corrected chi connectivity index (χ2v) is 7.15. The predicted octanol–water partition coefficient (Wildman–Crippen LogP) is 4.41. The zero-order valence-electron chi connectivity index (χ0n) is 12.3. The molecule has 19 heavy (non-hydrogen) atoms. The molecule has 0 aliphatic heterocycles. The highest BCUT2D eigenvalue weighted by atomic mass is 32.1. The van der Waals surface area contributed by atoms with Crippen LogP contribution >= 0.6 is 11.3 Å². The number of aromatic nitrogens is 1. The average Bonchev–Trinajstić information content (AvgIpc) is 2.94. The Morgan fingerprint density at radius 3 is 2.63 bits per heavy atom. The van der Waals surface area contributed by atoms with Crippen molar-refractivity contribution in [3.63, 3.8) is 0 Å². The largest absolute Gasteiger partial charge is 0.462 e. The van der Waals surface area contributed by atoms with Crippen LogP contribution in [0.2, 0.25) is 0 Å². The van der Waals surface area contributed by atoms with Gasteiger partial charge in [0.1, 0.15) is 0 Å². The van der Waals surface area contributed by atoms with Crippen LogP contribution in [0, 0.1) is 0 Å². The molecule has 2 heterocycles. The molecule has 2 aromatic heterocycles. The van der Waals surface area contributed by atoms with Gasteiger partial charge in [-0.05, 0) is 38.8 Å². The lowest BCUT2D eigenvalue weighted by atomic mass is 10.1. The quantitative estimate of drug-likeness (QED) is 0.900. The molecule has 2 rings (SSSR count). The Kier molecular flexibility index (Phi) is 4.11. The van der Waals surface area contributed by atoms with Gasteiger partial charge in [0.25, 0.3) is 0 Å². The predicted molar refractivity (Wildman–Crippen MR) is 80.5 cm³/mol. The van der Waals surface area contributed by atoms with Crippen molar-refractivity contribution < 1.29 is 4.42 Å². The highest BCUT2D eigenvalue weighted by Gasteiger charge is 2.18. The summed E-state index contributed by atoms with van der Waals surface area (Å²) in [6, 6.07) is 3.86. The Balaban J connectivity index is 2.26. The molecule has 0 amide bonds. The van der Waals surface area contributed by atoms with Gasteiger partial charge >= 0.3 is 0 Å². The molecule has 0 fully saturated rings. The van der Waals surface area contributed by atoms with Gasteiger partial charge in [-0.15, -0.1) is 11.3 Å². The first-order valence-corrected chi connectivity index (χ1v) is 7.47. The number of nitrogens with one attached hydrogen (secondary N) is 1. The van der Waals surface area contributed by atoms with E-state index in [4.69, 9.17) is 9.40 Å². The Morgan fingerprint density at radius 2 is 2.11 bits per heavy atom. The number of furan rings is 1. The SMILES string of the molecule is CC(C)c1nc(-c2ccco2)sc1CNC(C)(C)C.